The van der Waals surface area contributed by atoms with E-state index in [1.54, 1.807) is 17.8 Å². The second-order valence-corrected chi connectivity index (χ2v) is 9.55. The summed E-state index contributed by atoms with van der Waals surface area (Å²) >= 11 is 0. The standard InChI is InChI=1S/C24H31F2N3O2/c1-13-4-5-19(28-23(30)15-7-17(25)10-18(26)8-15)11-20(13)21-9-16-12-27-14(2)6-22(16)29(3)24(21)31/h6,9,12-13,15,17-20H,4-5,7-8,10-11H2,1-3H3,(H,28,30). The van der Waals surface area contributed by atoms with E-state index in [9.17, 15) is 18.4 Å². The minimum Gasteiger partial charge on any atom is -0.353 e. The van der Waals surface area contributed by atoms with Gasteiger partial charge in [-0.3, -0.25) is 14.6 Å². The van der Waals surface area contributed by atoms with Gasteiger partial charge in [-0.25, -0.2) is 8.78 Å². The van der Waals surface area contributed by atoms with Crippen LogP contribution in [0.3, 0.4) is 0 Å². The number of pyridine rings is 2. The Morgan fingerprint density at radius 2 is 1.84 bits per heavy atom. The van der Waals surface area contributed by atoms with Crippen LogP contribution in [0.25, 0.3) is 10.9 Å². The summed E-state index contributed by atoms with van der Waals surface area (Å²) in [6.07, 6.45) is 1.71. The maximum absolute atomic E-state index is 13.7. The Bertz CT molecular complexity index is 1030. The smallest absolute Gasteiger partial charge is 0.254 e. The lowest BCUT2D eigenvalue weighted by Gasteiger charge is -2.36. The van der Waals surface area contributed by atoms with E-state index in [2.05, 4.69) is 17.2 Å². The first-order valence-electron chi connectivity index (χ1n) is 11.3. The summed E-state index contributed by atoms with van der Waals surface area (Å²) in [5, 5.41) is 3.96. The van der Waals surface area contributed by atoms with Crippen LogP contribution < -0.4 is 10.9 Å². The van der Waals surface area contributed by atoms with Gasteiger partial charge in [0.25, 0.3) is 5.56 Å². The van der Waals surface area contributed by atoms with Crippen LogP contribution in [0.5, 0.6) is 0 Å². The number of nitrogens with zero attached hydrogens (tertiary/aromatic N) is 2. The summed E-state index contributed by atoms with van der Waals surface area (Å²) in [5.41, 5.74) is 2.44. The molecule has 0 spiro atoms. The van der Waals surface area contributed by atoms with Gasteiger partial charge < -0.3 is 9.88 Å². The van der Waals surface area contributed by atoms with Gasteiger partial charge in [0.15, 0.2) is 0 Å². The molecule has 2 aliphatic rings. The third-order valence-corrected chi connectivity index (χ3v) is 7.18. The Balaban J connectivity index is 1.54. The van der Waals surface area contributed by atoms with Gasteiger partial charge in [0, 0.05) is 48.3 Å². The molecule has 0 aliphatic heterocycles. The first-order valence-corrected chi connectivity index (χ1v) is 11.3. The van der Waals surface area contributed by atoms with E-state index in [1.165, 1.54) is 0 Å². The second-order valence-electron chi connectivity index (χ2n) is 9.55. The zero-order valence-electron chi connectivity index (χ0n) is 18.4. The fraction of sp³-hybridized carbons (Fsp3) is 0.625. The largest absolute Gasteiger partial charge is 0.353 e. The lowest BCUT2D eigenvalue weighted by atomic mass is 9.74. The Morgan fingerprint density at radius 1 is 1.13 bits per heavy atom. The second kappa shape index (κ2) is 8.67. The summed E-state index contributed by atoms with van der Waals surface area (Å²) < 4.78 is 29.1. The number of fused-ring (bicyclic) bond motifs is 1. The van der Waals surface area contributed by atoms with E-state index >= 15 is 0 Å². The quantitative estimate of drug-likeness (QED) is 0.796. The predicted molar refractivity (Wildman–Crippen MR) is 117 cm³/mol. The van der Waals surface area contributed by atoms with E-state index in [0.717, 1.165) is 35.0 Å². The van der Waals surface area contributed by atoms with Gasteiger partial charge in [-0.1, -0.05) is 6.92 Å². The van der Waals surface area contributed by atoms with E-state index in [-0.39, 0.29) is 42.7 Å². The van der Waals surface area contributed by atoms with Crippen molar-refractivity contribution in [2.24, 2.45) is 18.9 Å². The molecule has 2 heterocycles. The van der Waals surface area contributed by atoms with Gasteiger partial charge in [0.2, 0.25) is 5.91 Å². The Labute approximate surface area is 181 Å². The zero-order valence-corrected chi connectivity index (χ0v) is 18.4. The maximum atomic E-state index is 13.7. The van der Waals surface area contributed by atoms with Crippen molar-refractivity contribution in [2.45, 2.75) is 76.7 Å². The number of aryl methyl sites for hydroxylation is 2. The summed E-state index contributed by atoms with van der Waals surface area (Å²) in [6, 6.07) is 3.76. The molecule has 1 amide bonds. The monoisotopic (exact) mass is 431 g/mol. The van der Waals surface area contributed by atoms with Crippen molar-refractivity contribution >= 4 is 16.8 Å². The van der Waals surface area contributed by atoms with Gasteiger partial charge in [-0.15, -0.1) is 0 Å². The molecule has 5 unspecified atom stereocenters. The lowest BCUT2D eigenvalue weighted by molar-refractivity contribution is -0.128. The van der Waals surface area contributed by atoms with Crippen LogP contribution in [0.15, 0.2) is 23.1 Å². The molecule has 2 saturated carbocycles. The molecule has 31 heavy (non-hydrogen) atoms. The number of carbonyl (C=O) groups is 1. The van der Waals surface area contributed by atoms with Crippen molar-refractivity contribution in [3.8, 4) is 0 Å². The average Bonchev–Trinajstić information content (AvgIpc) is 2.72. The number of aromatic nitrogens is 2. The number of carbonyl (C=O) groups excluding carboxylic acids is 1. The summed E-state index contributed by atoms with van der Waals surface area (Å²) in [4.78, 5) is 30.2. The van der Waals surface area contributed by atoms with Crippen molar-refractivity contribution < 1.29 is 13.6 Å². The molecule has 4 rings (SSSR count). The molecular formula is C24H31F2N3O2. The molecule has 0 aromatic carbocycles. The molecule has 2 aromatic rings. The highest BCUT2D eigenvalue weighted by Crippen LogP contribution is 2.38. The zero-order chi connectivity index (χ0) is 22.3. The van der Waals surface area contributed by atoms with Gasteiger partial charge in [0.05, 0.1) is 5.52 Å². The third-order valence-electron chi connectivity index (χ3n) is 7.18. The first-order chi connectivity index (χ1) is 14.7. The normalized spacial score (nSPS) is 31.5. The molecule has 1 N–H and O–H groups in total. The van der Waals surface area contributed by atoms with E-state index in [1.807, 2.05) is 19.1 Å². The topological polar surface area (TPSA) is 64.0 Å². The highest BCUT2D eigenvalue weighted by atomic mass is 19.1. The molecule has 2 fully saturated rings. The van der Waals surface area contributed by atoms with Crippen LogP contribution in [0.1, 0.15) is 62.6 Å². The highest BCUT2D eigenvalue weighted by Gasteiger charge is 2.36. The van der Waals surface area contributed by atoms with E-state index in [0.29, 0.717) is 12.3 Å². The first kappa shape index (κ1) is 21.9. The van der Waals surface area contributed by atoms with Crippen LogP contribution >= 0.6 is 0 Å². The number of amides is 1. The molecule has 0 radical (unpaired) electrons. The van der Waals surface area contributed by atoms with Crippen molar-refractivity contribution in [2.75, 3.05) is 0 Å². The molecule has 7 heteroatoms. The van der Waals surface area contributed by atoms with Crippen LogP contribution in [0, 0.1) is 18.8 Å². The number of alkyl halides is 2. The number of hydrogen-bond donors (Lipinski definition) is 1. The highest BCUT2D eigenvalue weighted by molar-refractivity contribution is 5.80. The van der Waals surface area contributed by atoms with Gasteiger partial charge in [0.1, 0.15) is 12.3 Å². The van der Waals surface area contributed by atoms with Gasteiger partial charge in [-0.2, -0.15) is 0 Å². The molecule has 2 aliphatic carbocycles. The maximum Gasteiger partial charge on any atom is 0.254 e. The van der Waals surface area contributed by atoms with Crippen LogP contribution in [0.4, 0.5) is 8.78 Å². The number of nitrogens with one attached hydrogen (secondary N) is 1. The molecule has 2 aromatic heterocycles. The Morgan fingerprint density at radius 3 is 2.55 bits per heavy atom. The molecular weight excluding hydrogens is 400 g/mol. The molecule has 5 atom stereocenters. The van der Waals surface area contributed by atoms with Crippen LogP contribution in [-0.2, 0) is 11.8 Å². The van der Waals surface area contributed by atoms with Crippen LogP contribution in [-0.4, -0.2) is 33.8 Å². The van der Waals surface area contributed by atoms with Crippen molar-refractivity contribution in [3.63, 3.8) is 0 Å². The predicted octanol–water partition coefficient (Wildman–Crippen LogP) is 4.11. The Hall–Kier alpha value is -2.31. The minimum atomic E-state index is -1.25. The fourth-order valence-electron chi connectivity index (χ4n) is 5.36. The van der Waals surface area contributed by atoms with E-state index < -0.39 is 18.3 Å². The third kappa shape index (κ3) is 4.51. The lowest BCUT2D eigenvalue weighted by Crippen LogP contribution is -2.45. The summed E-state index contributed by atoms with van der Waals surface area (Å²) in [5.74, 6) is -0.553. The van der Waals surface area contributed by atoms with Gasteiger partial charge in [-0.05, 0) is 63.0 Å². The van der Waals surface area contributed by atoms with Gasteiger partial charge >= 0.3 is 0 Å². The molecule has 0 saturated heterocycles. The summed E-state index contributed by atoms with van der Waals surface area (Å²) in [7, 11) is 1.78. The minimum absolute atomic E-state index is 0.0117. The summed E-state index contributed by atoms with van der Waals surface area (Å²) in [6.45, 7) is 4.04. The average molecular weight is 432 g/mol. The number of hydrogen-bond acceptors (Lipinski definition) is 3. The fourth-order valence-corrected chi connectivity index (χ4v) is 5.36. The van der Waals surface area contributed by atoms with Crippen molar-refractivity contribution in [1.29, 1.82) is 0 Å². The number of halogens is 2. The molecule has 168 valence electrons. The van der Waals surface area contributed by atoms with E-state index in [4.69, 9.17) is 0 Å². The molecule has 0 bridgehead atoms. The molecule has 5 nitrogen and oxygen atoms in total. The van der Waals surface area contributed by atoms with Crippen molar-refractivity contribution in [1.82, 2.24) is 14.9 Å². The Kier molecular flexibility index (Phi) is 6.13. The van der Waals surface area contributed by atoms with Crippen molar-refractivity contribution in [3.05, 3.63) is 39.9 Å². The number of rotatable bonds is 3. The van der Waals surface area contributed by atoms with Crippen LogP contribution in [0.2, 0.25) is 0 Å². The SMILES string of the molecule is Cc1cc2c(cn1)cc(C1CC(NC(=O)C3CC(F)CC(F)C3)CCC1C)c(=O)n2C.